The summed E-state index contributed by atoms with van der Waals surface area (Å²) in [7, 11) is 0. The molecule has 0 bridgehead atoms. The fourth-order valence-corrected chi connectivity index (χ4v) is 3.39. The van der Waals surface area contributed by atoms with Gasteiger partial charge in [0.05, 0.1) is 6.54 Å². The molecule has 5 nitrogen and oxygen atoms in total. The van der Waals surface area contributed by atoms with E-state index < -0.39 is 0 Å². The molecule has 3 rings (SSSR count). The van der Waals surface area contributed by atoms with Gasteiger partial charge in [-0.05, 0) is 64.2 Å². The maximum absolute atomic E-state index is 12.7. The van der Waals surface area contributed by atoms with Crippen LogP contribution in [0.5, 0.6) is 11.5 Å². The number of rotatable bonds is 6. The molecule has 1 amide bonds. The van der Waals surface area contributed by atoms with Crippen molar-refractivity contribution in [3.05, 3.63) is 35.5 Å². The summed E-state index contributed by atoms with van der Waals surface area (Å²) in [5.41, 5.74) is 1.92. The van der Waals surface area contributed by atoms with Gasteiger partial charge in [0.25, 0.3) is 0 Å². The average molecular weight is 344 g/mol. The van der Waals surface area contributed by atoms with Gasteiger partial charge in [-0.1, -0.05) is 12.1 Å². The molecule has 1 aromatic carbocycles. The summed E-state index contributed by atoms with van der Waals surface area (Å²) >= 11 is 0. The zero-order chi connectivity index (χ0) is 17.9. The summed E-state index contributed by atoms with van der Waals surface area (Å²) in [5, 5.41) is 3.41. The van der Waals surface area contributed by atoms with Gasteiger partial charge in [0.15, 0.2) is 11.5 Å². The summed E-state index contributed by atoms with van der Waals surface area (Å²) in [5.74, 6) is 1.67. The Morgan fingerprint density at radius 3 is 2.76 bits per heavy atom. The molecule has 0 radical (unpaired) electrons. The smallest absolute Gasteiger partial charge is 0.240 e. The van der Waals surface area contributed by atoms with Gasteiger partial charge in [-0.3, -0.25) is 10.1 Å². The van der Waals surface area contributed by atoms with E-state index in [4.69, 9.17) is 9.47 Å². The van der Waals surface area contributed by atoms with Crippen LogP contribution in [0.2, 0.25) is 0 Å². The van der Waals surface area contributed by atoms with Crippen LogP contribution in [0.15, 0.2) is 30.0 Å². The van der Waals surface area contributed by atoms with Gasteiger partial charge in [0.1, 0.15) is 0 Å². The van der Waals surface area contributed by atoms with Crippen molar-refractivity contribution in [1.29, 1.82) is 0 Å². The Labute approximate surface area is 150 Å². The van der Waals surface area contributed by atoms with E-state index in [2.05, 4.69) is 25.2 Å². The van der Waals surface area contributed by atoms with Gasteiger partial charge < -0.3 is 14.4 Å². The highest BCUT2D eigenvalue weighted by atomic mass is 16.7. The van der Waals surface area contributed by atoms with Crippen LogP contribution in [0.1, 0.15) is 52.0 Å². The van der Waals surface area contributed by atoms with Gasteiger partial charge in [0, 0.05) is 17.8 Å². The van der Waals surface area contributed by atoms with E-state index in [-0.39, 0.29) is 18.2 Å². The lowest BCUT2D eigenvalue weighted by molar-refractivity contribution is -0.128. The maximum Gasteiger partial charge on any atom is 0.240 e. The van der Waals surface area contributed by atoms with E-state index in [1.807, 2.05) is 30.0 Å². The van der Waals surface area contributed by atoms with E-state index in [1.54, 1.807) is 0 Å². The van der Waals surface area contributed by atoms with Gasteiger partial charge in [0.2, 0.25) is 12.7 Å². The third-order valence-corrected chi connectivity index (χ3v) is 5.01. The van der Waals surface area contributed by atoms with E-state index in [9.17, 15) is 4.79 Å². The van der Waals surface area contributed by atoms with Crippen molar-refractivity contribution < 1.29 is 14.3 Å². The monoisotopic (exact) mass is 344 g/mol. The first-order valence-corrected chi connectivity index (χ1v) is 9.16. The molecule has 5 heteroatoms. The average Bonchev–Trinajstić information content (AvgIpc) is 3.09. The maximum atomic E-state index is 12.7. The van der Waals surface area contributed by atoms with Crippen molar-refractivity contribution in [2.24, 2.45) is 0 Å². The molecule has 2 aliphatic rings. The molecule has 0 fully saturated rings. The van der Waals surface area contributed by atoms with Crippen LogP contribution >= 0.6 is 0 Å². The van der Waals surface area contributed by atoms with Gasteiger partial charge in [-0.25, -0.2) is 0 Å². The first kappa shape index (κ1) is 17.8. The Morgan fingerprint density at radius 2 is 2.04 bits per heavy atom. The molecule has 0 saturated carbocycles. The number of carbonyl (C=O) groups is 1. The fraction of sp³-hybridized carbons (Fsp3) is 0.550. The molecule has 0 unspecified atom stereocenters. The molecule has 1 heterocycles. The predicted octanol–water partition coefficient (Wildman–Crippen LogP) is 3.55. The minimum Gasteiger partial charge on any atom is -0.454 e. The molecule has 0 spiro atoms. The van der Waals surface area contributed by atoms with Crippen molar-refractivity contribution >= 4 is 5.91 Å². The third-order valence-electron chi connectivity index (χ3n) is 5.01. The SMILES string of the molecule is CCN(C(=O)CNC(C)(C)c1ccc2c(c1)OCO2)C1=CCCCC1. The predicted molar refractivity (Wildman–Crippen MR) is 97.5 cm³/mol. The van der Waals surface area contributed by atoms with Crippen LogP contribution in [0.4, 0.5) is 0 Å². The number of amides is 1. The second-order valence-electron chi connectivity index (χ2n) is 7.13. The molecular weight excluding hydrogens is 316 g/mol. The first-order valence-electron chi connectivity index (χ1n) is 9.16. The van der Waals surface area contributed by atoms with E-state index in [1.165, 1.54) is 18.5 Å². The molecule has 136 valence electrons. The number of nitrogens with one attached hydrogen (secondary N) is 1. The van der Waals surface area contributed by atoms with Crippen molar-refractivity contribution in [2.45, 2.75) is 52.0 Å². The number of fused-ring (bicyclic) bond motifs is 1. The first-order chi connectivity index (χ1) is 12.0. The van der Waals surface area contributed by atoms with Crippen molar-refractivity contribution in [3.63, 3.8) is 0 Å². The summed E-state index contributed by atoms with van der Waals surface area (Å²) < 4.78 is 10.8. The van der Waals surface area contributed by atoms with E-state index >= 15 is 0 Å². The van der Waals surface area contributed by atoms with Crippen LogP contribution in [0.3, 0.4) is 0 Å². The van der Waals surface area contributed by atoms with Crippen LogP contribution < -0.4 is 14.8 Å². The molecular formula is C20H28N2O3. The van der Waals surface area contributed by atoms with Crippen LogP contribution in [0.25, 0.3) is 0 Å². The van der Waals surface area contributed by atoms with Gasteiger partial charge >= 0.3 is 0 Å². The van der Waals surface area contributed by atoms with Crippen LogP contribution in [-0.4, -0.2) is 30.7 Å². The summed E-state index contributed by atoms with van der Waals surface area (Å²) in [6.45, 7) is 7.49. The number of ether oxygens (including phenoxy) is 2. The number of benzene rings is 1. The van der Waals surface area contributed by atoms with Crippen molar-refractivity contribution in [2.75, 3.05) is 19.9 Å². The Bertz CT molecular complexity index is 667. The number of hydrogen-bond donors (Lipinski definition) is 1. The Balaban J connectivity index is 1.64. The standard InChI is InChI=1S/C20H28N2O3/c1-4-22(16-8-6-5-7-9-16)19(23)13-21-20(2,3)15-10-11-17-18(12-15)25-14-24-17/h8,10-12,21H,4-7,9,13-14H2,1-3H3. The highest BCUT2D eigenvalue weighted by Gasteiger charge is 2.26. The van der Waals surface area contributed by atoms with Gasteiger partial charge in [-0.15, -0.1) is 0 Å². The summed E-state index contributed by atoms with van der Waals surface area (Å²) in [6.07, 6.45) is 6.70. The number of nitrogens with zero attached hydrogens (tertiary/aromatic N) is 1. The quantitative estimate of drug-likeness (QED) is 0.857. The molecule has 0 saturated heterocycles. The van der Waals surface area contributed by atoms with Crippen molar-refractivity contribution in [1.82, 2.24) is 10.2 Å². The Hall–Kier alpha value is -2.01. The zero-order valence-corrected chi connectivity index (χ0v) is 15.4. The minimum absolute atomic E-state index is 0.129. The molecule has 25 heavy (non-hydrogen) atoms. The Kier molecular flexibility index (Phi) is 5.33. The highest BCUT2D eigenvalue weighted by Crippen LogP contribution is 2.35. The van der Waals surface area contributed by atoms with Crippen molar-refractivity contribution in [3.8, 4) is 11.5 Å². The lowest BCUT2D eigenvalue weighted by Gasteiger charge is -2.30. The van der Waals surface area contributed by atoms with E-state index in [0.717, 1.165) is 36.4 Å². The Morgan fingerprint density at radius 1 is 1.24 bits per heavy atom. The largest absolute Gasteiger partial charge is 0.454 e. The summed E-state index contributed by atoms with van der Waals surface area (Å²) in [4.78, 5) is 14.6. The molecule has 1 N–H and O–H groups in total. The second kappa shape index (κ2) is 7.48. The number of allylic oxidation sites excluding steroid dienone is 2. The molecule has 1 aliphatic heterocycles. The zero-order valence-electron chi connectivity index (χ0n) is 15.4. The second-order valence-corrected chi connectivity index (χ2v) is 7.13. The minimum atomic E-state index is -0.336. The molecule has 1 aliphatic carbocycles. The molecule has 0 atom stereocenters. The molecule has 0 aromatic heterocycles. The fourth-order valence-electron chi connectivity index (χ4n) is 3.39. The normalized spacial score (nSPS) is 16.5. The van der Waals surface area contributed by atoms with Crippen LogP contribution in [-0.2, 0) is 10.3 Å². The van der Waals surface area contributed by atoms with Crippen LogP contribution in [0, 0.1) is 0 Å². The lowest BCUT2D eigenvalue weighted by atomic mass is 9.94. The highest BCUT2D eigenvalue weighted by molar-refractivity contribution is 5.80. The molecule has 1 aromatic rings. The number of likely N-dealkylation sites (N-methyl/N-ethyl adjacent to an activating group) is 1. The topological polar surface area (TPSA) is 50.8 Å². The third kappa shape index (κ3) is 3.98. The van der Waals surface area contributed by atoms with Gasteiger partial charge in [-0.2, -0.15) is 0 Å². The van der Waals surface area contributed by atoms with E-state index in [0.29, 0.717) is 6.54 Å². The summed E-state index contributed by atoms with van der Waals surface area (Å²) in [6, 6.07) is 5.93. The number of hydrogen-bond acceptors (Lipinski definition) is 4. The lowest BCUT2D eigenvalue weighted by Crippen LogP contribution is -2.44. The number of carbonyl (C=O) groups excluding carboxylic acids is 1.